The fourth-order valence-corrected chi connectivity index (χ4v) is 4.13. The summed E-state index contributed by atoms with van der Waals surface area (Å²) in [6.07, 6.45) is 0. The van der Waals surface area contributed by atoms with Crippen LogP contribution in [0.2, 0.25) is 0 Å². The van der Waals surface area contributed by atoms with E-state index in [2.05, 4.69) is 0 Å². The van der Waals surface area contributed by atoms with Crippen LogP contribution in [0, 0.1) is 13.8 Å². The van der Waals surface area contributed by atoms with Crippen LogP contribution >= 0.6 is 0 Å². The topological polar surface area (TPSA) is 88.1 Å². The molecule has 0 aliphatic heterocycles. The molecule has 0 atom stereocenters. The van der Waals surface area contributed by atoms with Crippen molar-refractivity contribution in [2.24, 2.45) is 0 Å². The zero-order chi connectivity index (χ0) is 34.9. The summed E-state index contributed by atoms with van der Waals surface area (Å²) in [4.78, 5) is 33.2. The monoisotopic (exact) mass is 636 g/mol. The van der Waals surface area contributed by atoms with E-state index in [4.69, 9.17) is 18.9 Å². The summed E-state index contributed by atoms with van der Waals surface area (Å²) >= 11 is 0. The van der Waals surface area contributed by atoms with Gasteiger partial charge < -0.3 is 18.9 Å². The average molecular weight is 637 g/mol. The third-order valence-electron chi connectivity index (χ3n) is 6.95. The van der Waals surface area contributed by atoms with Gasteiger partial charge in [0.15, 0.2) is 28.8 Å². The number of carbonyl (C=O) groups is 3. The number of aryl methyl sites for hydroxylation is 2. The molecule has 0 saturated carbocycles. The van der Waals surface area contributed by atoms with Crippen LogP contribution in [-0.2, 0) is 0 Å². The van der Waals surface area contributed by atoms with Crippen molar-refractivity contribution >= 4 is 28.1 Å². The molecule has 5 rings (SSSR count). The van der Waals surface area contributed by atoms with Crippen molar-refractivity contribution in [1.82, 2.24) is 0 Å². The summed E-state index contributed by atoms with van der Waals surface area (Å²) in [7, 11) is 6.55. The van der Waals surface area contributed by atoms with E-state index in [1.165, 1.54) is 11.1 Å². The number of carbonyl (C=O) groups excluding carboxylic acids is 3. The lowest BCUT2D eigenvalue weighted by Gasteiger charge is -2.06. The average Bonchev–Trinajstić information content (AvgIpc) is 3.08. The predicted octanol–water partition coefficient (Wildman–Crippen LogP) is 9.16. The van der Waals surface area contributed by atoms with Crippen molar-refractivity contribution in [3.63, 3.8) is 0 Å². The molecule has 5 aromatic rings. The highest BCUT2D eigenvalue weighted by atomic mass is 16.5. The molecule has 0 amide bonds. The number of ether oxygens (including phenoxy) is 4. The minimum atomic E-state index is 0.0533. The van der Waals surface area contributed by atoms with E-state index >= 15 is 0 Å². The van der Waals surface area contributed by atoms with Crippen molar-refractivity contribution in [3.05, 3.63) is 131 Å². The van der Waals surface area contributed by atoms with E-state index in [1.54, 1.807) is 61.3 Å². The Morgan fingerprint density at radius 1 is 0.404 bits per heavy atom. The van der Waals surface area contributed by atoms with Crippen LogP contribution in [0.15, 0.2) is 103 Å². The zero-order valence-corrected chi connectivity index (χ0v) is 28.7. The van der Waals surface area contributed by atoms with Crippen molar-refractivity contribution < 1.29 is 33.3 Å². The Hall–Kier alpha value is -5.43. The van der Waals surface area contributed by atoms with Gasteiger partial charge in [-0.1, -0.05) is 60.2 Å². The maximum Gasteiger partial charge on any atom is 0.160 e. The number of Topliss-reactive ketones (excluding diaryl/α,β-unsaturated/α-hetero) is 3. The molecule has 47 heavy (non-hydrogen) atoms. The van der Waals surface area contributed by atoms with Gasteiger partial charge in [-0.25, -0.2) is 0 Å². The molecule has 0 bridgehead atoms. The summed E-state index contributed by atoms with van der Waals surface area (Å²) in [5, 5.41) is 1.97. The maximum atomic E-state index is 11.2. The van der Waals surface area contributed by atoms with Crippen LogP contribution in [-0.4, -0.2) is 45.8 Å². The number of benzene rings is 5. The van der Waals surface area contributed by atoms with E-state index in [9.17, 15) is 14.4 Å². The summed E-state index contributed by atoms with van der Waals surface area (Å²) in [5.74, 6) is 3.49. The lowest BCUT2D eigenvalue weighted by atomic mass is 10.0. The summed E-state index contributed by atoms with van der Waals surface area (Å²) in [6.45, 7) is 8.69. The lowest BCUT2D eigenvalue weighted by Crippen LogP contribution is -1.93. The molecule has 0 heterocycles. The van der Waals surface area contributed by atoms with Gasteiger partial charge in [0.1, 0.15) is 11.5 Å². The van der Waals surface area contributed by atoms with E-state index in [0.29, 0.717) is 11.1 Å². The second-order valence-corrected chi connectivity index (χ2v) is 10.5. The Bertz CT molecular complexity index is 1680. The molecule has 7 nitrogen and oxygen atoms in total. The largest absolute Gasteiger partial charge is 0.497 e. The first kappa shape index (κ1) is 37.8. The van der Waals surface area contributed by atoms with E-state index in [1.807, 2.05) is 105 Å². The van der Waals surface area contributed by atoms with Crippen LogP contribution in [0.1, 0.15) is 63.0 Å². The van der Waals surface area contributed by atoms with Gasteiger partial charge in [0.2, 0.25) is 0 Å². The molecule has 246 valence electrons. The van der Waals surface area contributed by atoms with Gasteiger partial charge >= 0.3 is 0 Å². The van der Waals surface area contributed by atoms with Crippen LogP contribution in [0.5, 0.6) is 23.0 Å². The predicted molar refractivity (Wildman–Crippen MR) is 189 cm³/mol. The first-order valence-corrected chi connectivity index (χ1v) is 14.9. The molecule has 0 aromatic heterocycles. The second kappa shape index (κ2) is 19.2. The molecule has 5 aromatic carbocycles. The Morgan fingerprint density at radius 2 is 0.787 bits per heavy atom. The molecule has 7 heteroatoms. The van der Waals surface area contributed by atoms with Gasteiger partial charge in [-0.3, -0.25) is 14.4 Å². The molecule has 0 aliphatic rings. The number of hydrogen-bond donors (Lipinski definition) is 0. The SMILES string of the molecule is CC(=O)c1ccc(C)cc1.CC(=O)c1ccc2cc(C(C)=O)ccc2c1.COc1ccc(C)cc1OC.COc1ccc(OC)cc1. The third-order valence-corrected chi connectivity index (χ3v) is 6.95. The highest BCUT2D eigenvalue weighted by molar-refractivity contribution is 6.01. The molecule has 0 aliphatic carbocycles. The van der Waals surface area contributed by atoms with Gasteiger partial charge in [-0.05, 0) is 99.5 Å². The Balaban J connectivity index is 0.000000223. The molecule has 0 fully saturated rings. The lowest BCUT2D eigenvalue weighted by molar-refractivity contribution is 0.100. The van der Waals surface area contributed by atoms with Gasteiger partial charge in [-0.15, -0.1) is 0 Å². The minimum Gasteiger partial charge on any atom is -0.497 e. The van der Waals surface area contributed by atoms with Gasteiger partial charge in [-0.2, -0.15) is 0 Å². The smallest absolute Gasteiger partial charge is 0.160 e. The number of rotatable bonds is 7. The van der Waals surface area contributed by atoms with Crippen molar-refractivity contribution in [3.8, 4) is 23.0 Å². The summed E-state index contributed by atoms with van der Waals surface area (Å²) in [5.41, 5.74) is 4.53. The summed E-state index contributed by atoms with van der Waals surface area (Å²) < 4.78 is 20.1. The third kappa shape index (κ3) is 12.5. The normalized spacial score (nSPS) is 9.64. The second-order valence-electron chi connectivity index (χ2n) is 10.5. The Morgan fingerprint density at radius 3 is 1.15 bits per heavy atom. The van der Waals surface area contributed by atoms with Crippen molar-refractivity contribution in [1.29, 1.82) is 0 Å². The zero-order valence-electron chi connectivity index (χ0n) is 28.7. The Kier molecular flexibility index (Phi) is 15.4. The molecule has 0 radical (unpaired) electrons. The van der Waals surface area contributed by atoms with E-state index in [0.717, 1.165) is 39.3 Å². The van der Waals surface area contributed by atoms with Crippen LogP contribution < -0.4 is 18.9 Å². The minimum absolute atomic E-state index is 0.0533. The first-order valence-electron chi connectivity index (χ1n) is 14.9. The van der Waals surface area contributed by atoms with Gasteiger partial charge in [0.05, 0.1) is 28.4 Å². The summed E-state index contributed by atoms with van der Waals surface area (Å²) in [6, 6.07) is 31.9. The molecular weight excluding hydrogens is 592 g/mol. The van der Waals surface area contributed by atoms with Crippen molar-refractivity contribution in [2.75, 3.05) is 28.4 Å². The maximum absolute atomic E-state index is 11.2. The van der Waals surface area contributed by atoms with Crippen LogP contribution in [0.3, 0.4) is 0 Å². The highest BCUT2D eigenvalue weighted by Gasteiger charge is 2.04. The van der Waals surface area contributed by atoms with Gasteiger partial charge in [0.25, 0.3) is 0 Å². The fourth-order valence-electron chi connectivity index (χ4n) is 4.13. The quantitative estimate of drug-likeness (QED) is 0.165. The molecule has 0 spiro atoms. The number of hydrogen-bond acceptors (Lipinski definition) is 7. The highest BCUT2D eigenvalue weighted by Crippen LogP contribution is 2.27. The Labute approximate surface area is 278 Å². The standard InChI is InChI=1S/C14H12O2.C9H12O2.C9H10O.C8H10O2/c1-9(15)11-3-5-14-8-12(10(2)16)4-6-13(14)7-11;1-7-4-5-8(10-2)9(6-7)11-3;1-7-3-5-9(6-4-7)8(2)10;1-9-7-3-5-8(10-2)6-4-7/h3-8H,1-2H3;4-6H,1-3H3;2*3-6H,1-2H3. The van der Waals surface area contributed by atoms with E-state index < -0.39 is 0 Å². The first-order chi connectivity index (χ1) is 22.4. The fraction of sp³-hybridized carbons (Fsp3) is 0.225. The molecule has 0 unspecified atom stereocenters. The van der Waals surface area contributed by atoms with Gasteiger partial charge in [0, 0.05) is 16.7 Å². The number of fused-ring (bicyclic) bond motifs is 1. The van der Waals surface area contributed by atoms with Crippen molar-refractivity contribution in [2.45, 2.75) is 34.6 Å². The molecule has 0 N–H and O–H groups in total. The van der Waals surface area contributed by atoms with Crippen LogP contribution in [0.4, 0.5) is 0 Å². The molecular formula is C40H44O7. The van der Waals surface area contributed by atoms with E-state index in [-0.39, 0.29) is 17.3 Å². The number of ketones is 3. The number of methoxy groups -OCH3 is 4. The van der Waals surface area contributed by atoms with Crippen LogP contribution in [0.25, 0.3) is 10.8 Å². The molecule has 0 saturated heterocycles.